The van der Waals surface area contributed by atoms with Gasteiger partial charge in [0, 0.05) is 7.05 Å². The van der Waals surface area contributed by atoms with Gasteiger partial charge >= 0.3 is 0 Å². The van der Waals surface area contributed by atoms with Gasteiger partial charge in [-0.1, -0.05) is 97.1 Å². The van der Waals surface area contributed by atoms with Gasteiger partial charge in [0.25, 0.3) is 0 Å². The molecule has 0 aromatic heterocycles. The van der Waals surface area contributed by atoms with E-state index in [1.165, 1.54) is 0 Å². The van der Waals surface area contributed by atoms with Crippen LogP contribution in [-0.4, -0.2) is 7.05 Å². The fourth-order valence-electron chi connectivity index (χ4n) is 5.86. The smallest absolute Gasteiger partial charge is 0.140 e. The minimum Gasteiger partial charge on any atom is -0.357 e. The van der Waals surface area contributed by atoms with E-state index in [4.69, 9.17) is 14.1 Å². The van der Waals surface area contributed by atoms with Gasteiger partial charge in [-0.25, -0.2) is 0 Å². The molecule has 0 bridgehead atoms. The number of hydrogen-bond donors (Lipinski definition) is 0. The maximum Gasteiger partial charge on any atom is 0.140 e. The summed E-state index contributed by atoms with van der Waals surface area (Å²) >= 11 is 0. The Morgan fingerprint density at radius 1 is 0.357 bits per heavy atom. The van der Waals surface area contributed by atoms with Gasteiger partial charge in [0.15, 0.2) is 0 Å². The molecule has 0 aliphatic rings. The lowest BCUT2D eigenvalue weighted by Gasteiger charge is -2.45. The Hall–Kier alpha value is -4.96. The Labute approximate surface area is 250 Å². The largest absolute Gasteiger partial charge is 0.357 e. The third kappa shape index (κ3) is 4.69. The molecule has 0 spiro atoms. The van der Waals surface area contributed by atoms with Crippen LogP contribution in [0.4, 0.5) is 45.5 Å². The van der Waals surface area contributed by atoms with Crippen molar-refractivity contribution in [1.29, 1.82) is 0 Å². The van der Waals surface area contributed by atoms with E-state index < -0.39 is 0 Å². The number of rotatable bonds is 8. The molecule has 0 atom stereocenters. The van der Waals surface area contributed by atoms with Crippen molar-refractivity contribution in [3.05, 3.63) is 184 Å². The molecule has 0 heterocycles. The number of hydrogen-bond acceptors (Lipinski definition) is 1. The first-order chi connectivity index (χ1) is 20.5. The molecule has 0 aliphatic heterocycles. The van der Waals surface area contributed by atoms with E-state index in [9.17, 15) is 0 Å². The highest BCUT2D eigenvalue weighted by atomic mass is 15.4. The van der Waals surface area contributed by atoms with Crippen LogP contribution in [0.15, 0.2) is 170 Å². The molecule has 42 heavy (non-hydrogen) atoms. The molecule has 3 nitrogen and oxygen atoms in total. The van der Waals surface area contributed by atoms with Crippen molar-refractivity contribution in [3.63, 3.8) is 0 Å². The highest BCUT2D eigenvalue weighted by molar-refractivity contribution is 5.89. The fraction of sp³-hybridized carbons (Fsp3) is 0.0256. The van der Waals surface area contributed by atoms with Crippen LogP contribution in [0.2, 0.25) is 0 Å². The van der Waals surface area contributed by atoms with E-state index in [1.807, 2.05) is 24.3 Å². The number of nitrogens with zero attached hydrogens (tertiary/aromatic N) is 3. The quantitative estimate of drug-likeness (QED) is 0.136. The van der Waals surface area contributed by atoms with Gasteiger partial charge in [-0.05, 0) is 72.8 Å². The molecule has 0 fully saturated rings. The third-order valence-electron chi connectivity index (χ3n) is 8.10. The molecule has 0 unspecified atom stereocenters. The van der Waals surface area contributed by atoms with Gasteiger partial charge in [0.05, 0.1) is 0 Å². The van der Waals surface area contributed by atoms with Gasteiger partial charge in [-0.2, -0.15) is 0 Å². The van der Waals surface area contributed by atoms with Crippen molar-refractivity contribution in [3.8, 4) is 0 Å². The summed E-state index contributed by atoms with van der Waals surface area (Å²) in [5, 5.41) is 0. The minimum absolute atomic E-state index is 0.270. The van der Waals surface area contributed by atoms with Gasteiger partial charge in [0.1, 0.15) is 45.5 Å². The van der Waals surface area contributed by atoms with E-state index in [1.54, 1.807) is 0 Å². The summed E-state index contributed by atoms with van der Waals surface area (Å²) in [4.78, 5) is 2.28. The van der Waals surface area contributed by atoms with Crippen LogP contribution in [0.5, 0.6) is 0 Å². The molecule has 0 saturated heterocycles. The Morgan fingerprint density at radius 3 is 0.881 bits per heavy atom. The summed E-state index contributed by atoms with van der Waals surface area (Å²) < 4.78 is 0.540. The monoisotopic (exact) mass is 545 g/mol. The van der Waals surface area contributed by atoms with Gasteiger partial charge < -0.3 is 13.9 Å². The van der Waals surface area contributed by atoms with E-state index in [-0.39, 0.29) is 8.97 Å². The normalized spacial score (nSPS) is 11.7. The molecule has 0 saturated carbocycles. The first kappa shape index (κ1) is 27.2. The molecule has 3 heteroatoms. The predicted molar refractivity (Wildman–Crippen MR) is 180 cm³/mol. The average molecular weight is 546 g/mol. The second kappa shape index (κ2) is 11.5. The maximum absolute atomic E-state index is 4.88. The second-order valence-corrected chi connectivity index (χ2v) is 10.5. The summed E-state index contributed by atoms with van der Waals surface area (Å²) in [6.45, 7) is 0. The molecular weight excluding hydrogens is 510 g/mol. The fourth-order valence-corrected chi connectivity index (χ4v) is 5.86. The number of benzene rings is 6. The predicted octanol–water partition coefficient (Wildman–Crippen LogP) is 11.0. The highest BCUT2D eigenvalue weighted by Crippen LogP contribution is 2.52. The van der Waals surface area contributed by atoms with Gasteiger partial charge in [-0.3, -0.25) is 0 Å². The molecule has 0 N–H and O–H groups in total. The van der Waals surface area contributed by atoms with Crippen LogP contribution in [0.1, 0.15) is 0 Å². The maximum atomic E-state index is 4.88. The number of quaternary nitrogens is 2. The Bertz CT molecular complexity index is 1540. The molecular formula is C39H35N3. The van der Waals surface area contributed by atoms with E-state index >= 15 is 0 Å². The molecule has 6 aromatic rings. The number of anilines is 2. The summed E-state index contributed by atoms with van der Waals surface area (Å²) in [5.74, 6) is 0. The van der Waals surface area contributed by atoms with E-state index in [0.29, 0.717) is 0 Å². The zero-order valence-electron chi connectivity index (χ0n) is 23.9. The lowest BCUT2D eigenvalue weighted by atomic mass is 10.1. The first-order valence-corrected chi connectivity index (χ1v) is 14.2. The SMILES string of the molecule is [CH2-][N+](c1ccccc1)(c1ccccc1)c1ccccc1N(C)c1ccccc1[N+]([CH2-])(c1ccccc1)c1ccccc1. The van der Waals surface area contributed by atoms with Crippen LogP contribution in [0.3, 0.4) is 0 Å². The van der Waals surface area contributed by atoms with Crippen molar-refractivity contribution in [2.75, 3.05) is 11.9 Å². The van der Waals surface area contributed by atoms with E-state index in [0.717, 1.165) is 45.5 Å². The summed E-state index contributed by atoms with van der Waals surface area (Å²) in [5.41, 5.74) is 8.55. The third-order valence-corrected chi connectivity index (χ3v) is 8.10. The molecule has 0 aliphatic carbocycles. The van der Waals surface area contributed by atoms with E-state index in [2.05, 4.69) is 158 Å². The zero-order valence-corrected chi connectivity index (χ0v) is 23.9. The second-order valence-electron chi connectivity index (χ2n) is 10.5. The highest BCUT2D eigenvalue weighted by Gasteiger charge is 2.33. The molecule has 6 aromatic carbocycles. The van der Waals surface area contributed by atoms with Crippen molar-refractivity contribution in [2.24, 2.45) is 0 Å². The van der Waals surface area contributed by atoms with Crippen molar-refractivity contribution >= 4 is 45.5 Å². The van der Waals surface area contributed by atoms with Crippen LogP contribution < -0.4 is 13.9 Å². The topological polar surface area (TPSA) is 3.24 Å². The Morgan fingerprint density at radius 2 is 0.595 bits per heavy atom. The molecule has 0 radical (unpaired) electrons. The standard InChI is InChI=1S/C39H35N3/c1-40(36-28-16-18-30-38(36)41(2,32-20-8-4-9-21-32)33-22-10-5-11-23-33)37-29-17-19-31-39(37)42(3,34-24-12-6-13-25-34)35-26-14-7-15-27-35/h4-31H,2-3H2,1H3. The van der Waals surface area contributed by atoms with Crippen molar-refractivity contribution in [1.82, 2.24) is 8.97 Å². The summed E-state index contributed by atoms with van der Waals surface area (Å²) in [7, 11) is 11.9. The summed E-state index contributed by atoms with van der Waals surface area (Å²) in [6, 6.07) is 59.1. The van der Waals surface area contributed by atoms with Crippen molar-refractivity contribution < 1.29 is 0 Å². The molecule has 206 valence electrons. The molecule has 6 rings (SSSR count). The van der Waals surface area contributed by atoms with Crippen molar-refractivity contribution in [2.45, 2.75) is 0 Å². The Balaban J connectivity index is 1.57. The average Bonchev–Trinajstić information content (AvgIpc) is 3.09. The van der Waals surface area contributed by atoms with Crippen LogP contribution in [-0.2, 0) is 0 Å². The Kier molecular flexibility index (Phi) is 7.45. The van der Waals surface area contributed by atoms with Crippen LogP contribution >= 0.6 is 0 Å². The van der Waals surface area contributed by atoms with Gasteiger partial charge in [-0.15, -0.1) is 14.1 Å². The first-order valence-electron chi connectivity index (χ1n) is 14.2. The number of para-hydroxylation sites is 8. The zero-order chi connectivity index (χ0) is 29.0. The van der Waals surface area contributed by atoms with Crippen LogP contribution in [0.25, 0.3) is 0 Å². The lowest BCUT2D eigenvalue weighted by Crippen LogP contribution is -2.34. The van der Waals surface area contributed by atoms with Gasteiger partial charge in [0.2, 0.25) is 0 Å². The minimum atomic E-state index is 0.270. The van der Waals surface area contributed by atoms with Crippen LogP contribution in [0, 0.1) is 14.1 Å². The lowest BCUT2D eigenvalue weighted by molar-refractivity contribution is 0.676. The molecule has 0 amide bonds. The summed E-state index contributed by atoms with van der Waals surface area (Å²) in [6.07, 6.45) is 0.